The number of benzene rings is 1. The average Bonchev–Trinajstić information content (AvgIpc) is 2.55. The zero-order valence-corrected chi connectivity index (χ0v) is 13.2. The lowest BCUT2D eigenvalue weighted by Crippen LogP contribution is -2.45. The van der Waals surface area contributed by atoms with Crippen LogP contribution in [0.2, 0.25) is 0 Å². The normalized spacial score (nSPS) is 16.7. The minimum Gasteiger partial charge on any atom is -0.386 e. The molecule has 4 nitrogen and oxygen atoms in total. The quantitative estimate of drug-likeness (QED) is 0.784. The van der Waals surface area contributed by atoms with E-state index < -0.39 is 0 Å². The van der Waals surface area contributed by atoms with Crippen molar-refractivity contribution in [3.63, 3.8) is 0 Å². The molecule has 1 aliphatic heterocycles. The fourth-order valence-electron chi connectivity index (χ4n) is 3.05. The Bertz CT molecular complexity index is 441. The number of amides is 1. The van der Waals surface area contributed by atoms with Gasteiger partial charge in [0.1, 0.15) is 0 Å². The summed E-state index contributed by atoms with van der Waals surface area (Å²) in [7, 11) is 1.90. The summed E-state index contributed by atoms with van der Waals surface area (Å²) in [5.74, 6) is 0. The van der Waals surface area contributed by atoms with Gasteiger partial charge in [0.05, 0.1) is 11.4 Å². The van der Waals surface area contributed by atoms with Gasteiger partial charge in [-0.05, 0) is 37.9 Å². The Kier molecular flexibility index (Phi) is 6.05. The summed E-state index contributed by atoms with van der Waals surface area (Å²) in [5, 5.41) is 3.18. The molecule has 0 saturated carbocycles. The molecule has 21 heavy (non-hydrogen) atoms. The lowest BCUT2D eigenvalue weighted by atomic mass is 10.0. The molecular weight excluding hydrogens is 262 g/mol. The third-order valence-corrected chi connectivity index (χ3v) is 4.34. The van der Waals surface area contributed by atoms with Gasteiger partial charge in [-0.3, -0.25) is 4.79 Å². The van der Waals surface area contributed by atoms with E-state index in [0.717, 1.165) is 43.7 Å². The Morgan fingerprint density at radius 1 is 1.33 bits per heavy atom. The molecule has 2 rings (SSSR count). The molecule has 0 aromatic heterocycles. The van der Waals surface area contributed by atoms with Gasteiger partial charge >= 0.3 is 0 Å². The summed E-state index contributed by atoms with van der Waals surface area (Å²) in [6.07, 6.45) is 5.62. The number of carbonyl (C=O) groups is 1. The lowest BCUT2D eigenvalue weighted by Gasteiger charge is -2.37. The number of anilines is 2. The standard InChI is InChI=1S/C17H27N3O/c1-3-4-11-19-12-9-15(10-13-19)20(14-21)17-8-6-5-7-16(17)18-2/h5-8,14-15,18H,3-4,9-13H2,1-2H3. The number of likely N-dealkylation sites (tertiary alicyclic amines) is 1. The van der Waals surface area contributed by atoms with Crippen molar-refractivity contribution in [2.24, 2.45) is 0 Å². The summed E-state index contributed by atoms with van der Waals surface area (Å²) < 4.78 is 0. The van der Waals surface area contributed by atoms with Gasteiger partial charge in [-0.2, -0.15) is 0 Å². The Balaban J connectivity index is 2.01. The van der Waals surface area contributed by atoms with E-state index in [1.807, 2.05) is 36.2 Å². The van der Waals surface area contributed by atoms with Crippen LogP contribution in [-0.4, -0.2) is 44.0 Å². The highest BCUT2D eigenvalue weighted by Crippen LogP contribution is 2.29. The maximum Gasteiger partial charge on any atom is 0.214 e. The highest BCUT2D eigenvalue weighted by Gasteiger charge is 2.25. The van der Waals surface area contributed by atoms with E-state index in [1.165, 1.54) is 19.4 Å². The number of piperidine rings is 1. The van der Waals surface area contributed by atoms with Crippen LogP contribution in [0.3, 0.4) is 0 Å². The van der Waals surface area contributed by atoms with Gasteiger partial charge in [0.15, 0.2) is 0 Å². The van der Waals surface area contributed by atoms with Crippen molar-refractivity contribution in [2.75, 3.05) is 36.9 Å². The zero-order chi connectivity index (χ0) is 15.1. The smallest absolute Gasteiger partial charge is 0.214 e. The summed E-state index contributed by atoms with van der Waals surface area (Å²) in [4.78, 5) is 16.0. The largest absolute Gasteiger partial charge is 0.386 e. The molecule has 4 heteroatoms. The Morgan fingerprint density at radius 3 is 2.67 bits per heavy atom. The topological polar surface area (TPSA) is 35.6 Å². The van der Waals surface area contributed by atoms with E-state index in [0.29, 0.717) is 6.04 Å². The molecule has 1 aromatic carbocycles. The molecule has 1 heterocycles. The first kappa shape index (κ1) is 15.8. The zero-order valence-electron chi connectivity index (χ0n) is 13.2. The molecule has 0 bridgehead atoms. The van der Waals surface area contributed by atoms with E-state index in [1.54, 1.807) is 0 Å². The number of unbranched alkanes of at least 4 members (excludes halogenated alkanes) is 1. The van der Waals surface area contributed by atoms with Crippen molar-refractivity contribution in [3.8, 4) is 0 Å². The first-order valence-corrected chi connectivity index (χ1v) is 8.03. The number of hydrogen-bond acceptors (Lipinski definition) is 3. The summed E-state index contributed by atoms with van der Waals surface area (Å²) in [6, 6.07) is 8.33. The van der Waals surface area contributed by atoms with Crippen LogP contribution in [0.4, 0.5) is 11.4 Å². The van der Waals surface area contributed by atoms with Gasteiger partial charge in [0, 0.05) is 26.2 Å². The predicted molar refractivity (Wildman–Crippen MR) is 88.9 cm³/mol. The molecule has 1 aromatic rings. The molecule has 0 atom stereocenters. The molecule has 1 amide bonds. The number of hydrogen-bond donors (Lipinski definition) is 1. The second kappa shape index (κ2) is 8.03. The second-order valence-electron chi connectivity index (χ2n) is 5.71. The van der Waals surface area contributed by atoms with Crippen LogP contribution in [0.1, 0.15) is 32.6 Å². The Morgan fingerprint density at radius 2 is 2.05 bits per heavy atom. The SMILES string of the molecule is CCCCN1CCC(N(C=O)c2ccccc2NC)CC1. The highest BCUT2D eigenvalue weighted by molar-refractivity contribution is 5.84. The summed E-state index contributed by atoms with van der Waals surface area (Å²) >= 11 is 0. The maximum atomic E-state index is 11.6. The maximum absolute atomic E-state index is 11.6. The Hall–Kier alpha value is -1.55. The summed E-state index contributed by atoms with van der Waals surface area (Å²) in [6.45, 7) is 5.61. The fraction of sp³-hybridized carbons (Fsp3) is 0.588. The van der Waals surface area contributed by atoms with E-state index in [-0.39, 0.29) is 0 Å². The van der Waals surface area contributed by atoms with Gasteiger partial charge < -0.3 is 15.1 Å². The molecule has 1 saturated heterocycles. The van der Waals surface area contributed by atoms with Crippen LogP contribution in [0.15, 0.2) is 24.3 Å². The van der Waals surface area contributed by atoms with Gasteiger partial charge in [-0.15, -0.1) is 0 Å². The van der Waals surface area contributed by atoms with E-state index in [2.05, 4.69) is 17.1 Å². The minimum absolute atomic E-state index is 0.315. The average molecular weight is 289 g/mol. The molecule has 0 spiro atoms. The Labute approximate surface area is 128 Å². The molecule has 1 N–H and O–H groups in total. The van der Waals surface area contributed by atoms with Gasteiger partial charge in [-0.25, -0.2) is 0 Å². The van der Waals surface area contributed by atoms with Gasteiger partial charge in [0.25, 0.3) is 0 Å². The first-order valence-electron chi connectivity index (χ1n) is 8.03. The second-order valence-corrected chi connectivity index (χ2v) is 5.71. The van der Waals surface area contributed by atoms with Gasteiger partial charge in [0.2, 0.25) is 6.41 Å². The molecule has 116 valence electrons. The first-order chi connectivity index (χ1) is 10.3. The minimum atomic E-state index is 0.315. The van der Waals surface area contributed by atoms with Crippen LogP contribution < -0.4 is 10.2 Å². The van der Waals surface area contributed by atoms with Crippen molar-refractivity contribution < 1.29 is 4.79 Å². The molecular formula is C17H27N3O. The third-order valence-electron chi connectivity index (χ3n) is 4.34. The molecule has 1 aliphatic rings. The van der Waals surface area contributed by atoms with Crippen LogP contribution in [0.25, 0.3) is 0 Å². The highest BCUT2D eigenvalue weighted by atomic mass is 16.1. The number of para-hydroxylation sites is 2. The lowest BCUT2D eigenvalue weighted by molar-refractivity contribution is -0.108. The molecule has 0 unspecified atom stereocenters. The van der Waals surface area contributed by atoms with Gasteiger partial charge in [-0.1, -0.05) is 25.5 Å². The number of nitrogens with zero attached hydrogens (tertiary/aromatic N) is 2. The van der Waals surface area contributed by atoms with E-state index in [9.17, 15) is 4.79 Å². The van der Waals surface area contributed by atoms with Crippen molar-refractivity contribution >= 4 is 17.8 Å². The van der Waals surface area contributed by atoms with Crippen molar-refractivity contribution in [1.29, 1.82) is 0 Å². The van der Waals surface area contributed by atoms with Crippen molar-refractivity contribution in [3.05, 3.63) is 24.3 Å². The van der Waals surface area contributed by atoms with Crippen LogP contribution >= 0.6 is 0 Å². The number of rotatable bonds is 7. The number of carbonyl (C=O) groups excluding carboxylic acids is 1. The predicted octanol–water partition coefficient (Wildman–Crippen LogP) is 2.96. The van der Waals surface area contributed by atoms with Crippen LogP contribution in [-0.2, 0) is 4.79 Å². The third kappa shape index (κ3) is 3.97. The van der Waals surface area contributed by atoms with Crippen molar-refractivity contribution in [1.82, 2.24) is 4.90 Å². The van der Waals surface area contributed by atoms with Crippen molar-refractivity contribution in [2.45, 2.75) is 38.6 Å². The summed E-state index contributed by atoms with van der Waals surface area (Å²) in [5.41, 5.74) is 2.00. The van der Waals surface area contributed by atoms with Crippen LogP contribution in [0, 0.1) is 0 Å². The number of nitrogens with one attached hydrogen (secondary N) is 1. The molecule has 1 fully saturated rings. The molecule has 0 aliphatic carbocycles. The monoisotopic (exact) mass is 289 g/mol. The van der Waals surface area contributed by atoms with E-state index in [4.69, 9.17) is 0 Å². The fourth-order valence-corrected chi connectivity index (χ4v) is 3.05. The van der Waals surface area contributed by atoms with E-state index >= 15 is 0 Å². The van der Waals surface area contributed by atoms with Crippen LogP contribution in [0.5, 0.6) is 0 Å². The molecule has 0 radical (unpaired) electrons.